The maximum absolute atomic E-state index is 12.9. The van der Waals surface area contributed by atoms with Crippen LogP contribution in [0, 0.1) is 5.82 Å². The average molecular weight is 324 g/mol. The molecule has 0 bridgehead atoms. The van der Waals surface area contributed by atoms with Crippen LogP contribution in [-0.2, 0) is 4.79 Å². The topological polar surface area (TPSA) is 38.3 Å². The molecule has 3 nitrogen and oxygen atoms in total. The van der Waals surface area contributed by atoms with E-state index >= 15 is 0 Å². The van der Waals surface area contributed by atoms with E-state index in [4.69, 9.17) is 4.74 Å². The highest BCUT2D eigenvalue weighted by atomic mass is 79.9. The van der Waals surface area contributed by atoms with Gasteiger partial charge in [-0.3, -0.25) is 4.79 Å². The number of hydrogen-bond acceptors (Lipinski definition) is 2. The second-order valence-electron chi connectivity index (χ2n) is 3.77. The zero-order valence-electron chi connectivity index (χ0n) is 9.90. The summed E-state index contributed by atoms with van der Waals surface area (Å²) in [4.78, 5) is 11.7. The second-order valence-corrected chi connectivity index (χ2v) is 4.63. The lowest BCUT2D eigenvalue weighted by molar-refractivity contribution is -0.118. The Labute approximate surface area is 118 Å². The fourth-order valence-electron chi connectivity index (χ4n) is 1.45. The zero-order valence-corrected chi connectivity index (χ0v) is 11.5. The maximum atomic E-state index is 12.9. The van der Waals surface area contributed by atoms with E-state index in [1.54, 1.807) is 12.1 Å². The van der Waals surface area contributed by atoms with Crippen LogP contribution in [0.3, 0.4) is 0 Å². The molecule has 1 N–H and O–H groups in total. The molecule has 2 aromatic carbocycles. The first-order valence-corrected chi connectivity index (χ1v) is 6.37. The van der Waals surface area contributed by atoms with Gasteiger partial charge in [-0.2, -0.15) is 0 Å². The molecule has 0 heterocycles. The molecule has 2 aromatic rings. The predicted octanol–water partition coefficient (Wildman–Crippen LogP) is 3.61. The lowest BCUT2D eigenvalue weighted by atomic mass is 10.3. The van der Waals surface area contributed by atoms with Crippen molar-refractivity contribution in [2.24, 2.45) is 0 Å². The first-order valence-electron chi connectivity index (χ1n) is 5.58. The van der Waals surface area contributed by atoms with Gasteiger partial charge in [-0.05, 0) is 40.2 Å². The van der Waals surface area contributed by atoms with Gasteiger partial charge in [0.15, 0.2) is 6.61 Å². The molecule has 98 valence electrons. The van der Waals surface area contributed by atoms with E-state index in [9.17, 15) is 9.18 Å². The molecule has 5 heteroatoms. The lowest BCUT2D eigenvalue weighted by Crippen LogP contribution is -2.20. The number of carbonyl (C=O) groups excluding carboxylic acids is 1. The molecule has 0 aromatic heterocycles. The van der Waals surface area contributed by atoms with E-state index in [1.807, 2.05) is 18.2 Å². The highest BCUT2D eigenvalue weighted by molar-refractivity contribution is 9.10. The monoisotopic (exact) mass is 323 g/mol. The molecule has 0 saturated heterocycles. The molecular formula is C14H11BrFNO2. The molecule has 1 amide bonds. The summed E-state index contributed by atoms with van der Waals surface area (Å²) in [6.07, 6.45) is 0. The Morgan fingerprint density at radius 2 is 2.00 bits per heavy atom. The van der Waals surface area contributed by atoms with Gasteiger partial charge in [0, 0.05) is 10.5 Å². The van der Waals surface area contributed by atoms with Crippen molar-refractivity contribution < 1.29 is 13.9 Å². The Balaban J connectivity index is 1.90. The average Bonchev–Trinajstić information content (AvgIpc) is 2.39. The number of nitrogens with one attached hydrogen (secondary N) is 1. The normalized spacial score (nSPS) is 10.0. The third kappa shape index (κ3) is 4.06. The van der Waals surface area contributed by atoms with Crippen LogP contribution < -0.4 is 10.1 Å². The molecule has 0 aliphatic carbocycles. The predicted molar refractivity (Wildman–Crippen MR) is 74.7 cm³/mol. The van der Waals surface area contributed by atoms with E-state index in [1.165, 1.54) is 18.2 Å². The van der Waals surface area contributed by atoms with E-state index in [0.29, 0.717) is 11.4 Å². The summed E-state index contributed by atoms with van der Waals surface area (Å²) < 4.78 is 18.9. The molecule has 2 rings (SSSR count). The molecule has 0 spiro atoms. The SMILES string of the molecule is O=C(COc1cccc(F)c1)Nc1ccccc1Br. The van der Waals surface area contributed by atoms with Crippen LogP contribution in [0.5, 0.6) is 5.75 Å². The number of benzene rings is 2. The first-order chi connectivity index (χ1) is 9.15. The summed E-state index contributed by atoms with van der Waals surface area (Å²) in [5.41, 5.74) is 0.662. The fourth-order valence-corrected chi connectivity index (χ4v) is 1.84. The summed E-state index contributed by atoms with van der Waals surface area (Å²) in [6.45, 7) is -0.176. The summed E-state index contributed by atoms with van der Waals surface area (Å²) >= 11 is 3.33. The summed E-state index contributed by atoms with van der Waals surface area (Å²) in [7, 11) is 0. The van der Waals surface area contributed by atoms with Gasteiger partial charge in [-0.15, -0.1) is 0 Å². The number of amides is 1. The number of halogens is 2. The number of ether oxygens (including phenoxy) is 1. The van der Waals surface area contributed by atoms with Crippen LogP contribution in [0.15, 0.2) is 53.0 Å². The van der Waals surface area contributed by atoms with Crippen molar-refractivity contribution >= 4 is 27.5 Å². The first kappa shape index (κ1) is 13.5. The van der Waals surface area contributed by atoms with Gasteiger partial charge in [0.25, 0.3) is 5.91 Å². The molecule has 0 aliphatic rings. The third-order valence-electron chi connectivity index (χ3n) is 2.31. The molecule has 0 aliphatic heterocycles. The number of anilines is 1. The smallest absolute Gasteiger partial charge is 0.262 e. The van der Waals surface area contributed by atoms with Crippen LogP contribution >= 0.6 is 15.9 Å². The van der Waals surface area contributed by atoms with Gasteiger partial charge in [0.05, 0.1) is 5.69 Å². The fraction of sp³-hybridized carbons (Fsp3) is 0.0714. The van der Waals surface area contributed by atoms with Crippen molar-refractivity contribution in [2.75, 3.05) is 11.9 Å². The van der Waals surface area contributed by atoms with Crippen LogP contribution in [-0.4, -0.2) is 12.5 Å². The highest BCUT2D eigenvalue weighted by Crippen LogP contribution is 2.21. The van der Waals surface area contributed by atoms with Crippen LogP contribution in [0.1, 0.15) is 0 Å². The Morgan fingerprint density at radius 3 is 2.74 bits per heavy atom. The van der Waals surface area contributed by atoms with Crippen LogP contribution in [0.2, 0.25) is 0 Å². The zero-order chi connectivity index (χ0) is 13.7. The van der Waals surface area contributed by atoms with E-state index in [2.05, 4.69) is 21.2 Å². The van der Waals surface area contributed by atoms with Gasteiger partial charge in [-0.1, -0.05) is 18.2 Å². The summed E-state index contributed by atoms with van der Waals surface area (Å²) in [5, 5.41) is 2.69. The highest BCUT2D eigenvalue weighted by Gasteiger charge is 2.06. The molecular weight excluding hydrogens is 313 g/mol. The lowest BCUT2D eigenvalue weighted by Gasteiger charge is -2.08. The van der Waals surface area contributed by atoms with Crippen molar-refractivity contribution in [2.45, 2.75) is 0 Å². The Hall–Kier alpha value is -1.88. The van der Waals surface area contributed by atoms with Gasteiger partial charge in [0.1, 0.15) is 11.6 Å². The van der Waals surface area contributed by atoms with Crippen molar-refractivity contribution in [1.82, 2.24) is 0 Å². The molecule has 0 atom stereocenters. The third-order valence-corrected chi connectivity index (χ3v) is 3.01. The Bertz CT molecular complexity index is 589. The molecule has 0 unspecified atom stereocenters. The molecule has 0 fully saturated rings. The largest absolute Gasteiger partial charge is 0.484 e. The number of rotatable bonds is 4. The van der Waals surface area contributed by atoms with Crippen LogP contribution in [0.4, 0.5) is 10.1 Å². The summed E-state index contributed by atoms with van der Waals surface area (Å²) in [5.74, 6) is -0.387. The van der Waals surface area contributed by atoms with Crippen molar-refractivity contribution in [3.63, 3.8) is 0 Å². The number of carbonyl (C=O) groups is 1. The van der Waals surface area contributed by atoms with Gasteiger partial charge < -0.3 is 10.1 Å². The minimum Gasteiger partial charge on any atom is -0.484 e. The molecule has 19 heavy (non-hydrogen) atoms. The van der Waals surface area contributed by atoms with Crippen molar-refractivity contribution in [1.29, 1.82) is 0 Å². The summed E-state index contributed by atoms with van der Waals surface area (Å²) in [6, 6.07) is 12.9. The van der Waals surface area contributed by atoms with Crippen molar-refractivity contribution in [3.05, 3.63) is 58.8 Å². The molecule has 0 saturated carbocycles. The Morgan fingerprint density at radius 1 is 1.21 bits per heavy atom. The van der Waals surface area contributed by atoms with E-state index < -0.39 is 5.82 Å². The minimum absolute atomic E-state index is 0.176. The second kappa shape index (κ2) is 6.33. The van der Waals surface area contributed by atoms with Gasteiger partial charge >= 0.3 is 0 Å². The quantitative estimate of drug-likeness (QED) is 0.933. The Kier molecular flexibility index (Phi) is 4.52. The molecule has 0 radical (unpaired) electrons. The van der Waals surface area contributed by atoms with E-state index in [0.717, 1.165) is 4.47 Å². The minimum atomic E-state index is -0.399. The van der Waals surface area contributed by atoms with Crippen LogP contribution in [0.25, 0.3) is 0 Å². The standard InChI is InChI=1S/C14H11BrFNO2/c15-12-6-1-2-7-13(12)17-14(18)9-19-11-5-3-4-10(16)8-11/h1-8H,9H2,(H,17,18). The van der Waals surface area contributed by atoms with Crippen molar-refractivity contribution in [3.8, 4) is 5.75 Å². The van der Waals surface area contributed by atoms with Gasteiger partial charge in [0.2, 0.25) is 0 Å². The number of para-hydroxylation sites is 1. The maximum Gasteiger partial charge on any atom is 0.262 e. The number of hydrogen-bond donors (Lipinski definition) is 1. The van der Waals surface area contributed by atoms with Gasteiger partial charge in [-0.25, -0.2) is 4.39 Å². The van der Waals surface area contributed by atoms with E-state index in [-0.39, 0.29) is 12.5 Å².